The first kappa shape index (κ1) is 21.6. The van der Waals surface area contributed by atoms with Crippen LogP contribution in [0.2, 0.25) is 0 Å². The lowest BCUT2D eigenvalue weighted by atomic mass is 9.97. The van der Waals surface area contributed by atoms with E-state index in [1.807, 2.05) is 36.6 Å². The van der Waals surface area contributed by atoms with Crippen molar-refractivity contribution in [2.75, 3.05) is 31.7 Å². The zero-order chi connectivity index (χ0) is 21.0. The lowest BCUT2D eigenvalue weighted by molar-refractivity contribution is -0.859. The molecular weight excluding hydrogens is 384 g/mol. The van der Waals surface area contributed by atoms with Gasteiger partial charge in [-0.3, -0.25) is 9.36 Å². The first-order valence-corrected chi connectivity index (χ1v) is 11.2. The molecule has 2 aromatic rings. The molecule has 1 amide bonds. The van der Waals surface area contributed by atoms with Gasteiger partial charge in [-0.05, 0) is 56.7 Å². The molecule has 0 bridgehead atoms. The van der Waals surface area contributed by atoms with Gasteiger partial charge in [-0.2, -0.15) is 4.98 Å². The SMILES string of the molecule is Cc1ccc(C)c(NC(=O)CSc2nc(=O)n(CC[NH+](C)C)c3c2CCCC3)c1. The van der Waals surface area contributed by atoms with E-state index in [-0.39, 0.29) is 17.3 Å². The normalized spacial score (nSPS) is 13.4. The second kappa shape index (κ2) is 9.59. The second-order valence-electron chi connectivity index (χ2n) is 8.10. The van der Waals surface area contributed by atoms with Crippen molar-refractivity contribution in [3.63, 3.8) is 0 Å². The Kier molecular flexibility index (Phi) is 7.14. The van der Waals surface area contributed by atoms with Crippen LogP contribution in [0.3, 0.4) is 0 Å². The third kappa shape index (κ3) is 5.48. The van der Waals surface area contributed by atoms with Gasteiger partial charge in [-0.15, -0.1) is 0 Å². The van der Waals surface area contributed by atoms with Gasteiger partial charge in [-0.25, -0.2) is 4.79 Å². The quantitative estimate of drug-likeness (QED) is 0.533. The molecule has 7 heteroatoms. The van der Waals surface area contributed by atoms with E-state index in [2.05, 4.69) is 24.4 Å². The van der Waals surface area contributed by atoms with Crippen LogP contribution in [-0.2, 0) is 24.2 Å². The molecule has 0 radical (unpaired) electrons. The fourth-order valence-electron chi connectivity index (χ4n) is 3.62. The van der Waals surface area contributed by atoms with E-state index >= 15 is 0 Å². The van der Waals surface area contributed by atoms with Crippen molar-refractivity contribution < 1.29 is 9.69 Å². The molecule has 0 aliphatic heterocycles. The molecule has 1 aromatic heterocycles. The van der Waals surface area contributed by atoms with Crippen molar-refractivity contribution in [3.8, 4) is 0 Å². The molecule has 0 unspecified atom stereocenters. The highest BCUT2D eigenvalue weighted by atomic mass is 32.2. The Morgan fingerprint density at radius 2 is 2.00 bits per heavy atom. The Bertz CT molecular complexity index is 953. The molecule has 6 nitrogen and oxygen atoms in total. The summed E-state index contributed by atoms with van der Waals surface area (Å²) in [6.45, 7) is 5.56. The van der Waals surface area contributed by atoms with Crippen molar-refractivity contribution in [2.45, 2.75) is 51.1 Å². The molecule has 1 aliphatic rings. The number of hydrogen-bond acceptors (Lipinski definition) is 4. The summed E-state index contributed by atoms with van der Waals surface area (Å²) in [7, 11) is 4.17. The van der Waals surface area contributed by atoms with Gasteiger partial charge in [0.15, 0.2) is 0 Å². The Hall–Kier alpha value is -2.12. The number of fused-ring (bicyclic) bond motifs is 1. The lowest BCUT2D eigenvalue weighted by Crippen LogP contribution is -3.06. The maximum Gasteiger partial charge on any atom is 0.349 e. The molecule has 3 rings (SSSR count). The third-order valence-corrected chi connectivity index (χ3v) is 6.31. The highest BCUT2D eigenvalue weighted by Crippen LogP contribution is 2.28. The van der Waals surface area contributed by atoms with Crippen LogP contribution in [0.15, 0.2) is 28.0 Å². The van der Waals surface area contributed by atoms with E-state index in [4.69, 9.17) is 0 Å². The Morgan fingerprint density at radius 3 is 2.76 bits per heavy atom. The van der Waals surface area contributed by atoms with E-state index in [9.17, 15) is 9.59 Å². The van der Waals surface area contributed by atoms with Crippen molar-refractivity contribution in [2.24, 2.45) is 0 Å². The number of carbonyl (C=O) groups is 1. The number of likely N-dealkylation sites (N-methyl/N-ethyl adjacent to an activating group) is 1. The Labute approximate surface area is 176 Å². The summed E-state index contributed by atoms with van der Waals surface area (Å²) >= 11 is 1.38. The molecule has 0 spiro atoms. The molecule has 1 aromatic carbocycles. The average molecular weight is 416 g/mol. The van der Waals surface area contributed by atoms with Gasteiger partial charge in [-0.1, -0.05) is 23.9 Å². The minimum atomic E-state index is -0.190. The largest absolute Gasteiger partial charge is 0.349 e. The van der Waals surface area contributed by atoms with Crippen molar-refractivity contribution in [1.82, 2.24) is 9.55 Å². The molecule has 0 fully saturated rings. The number of benzene rings is 1. The third-order valence-electron chi connectivity index (χ3n) is 5.29. The monoisotopic (exact) mass is 415 g/mol. The fraction of sp³-hybridized carbons (Fsp3) is 0.500. The maximum absolute atomic E-state index is 12.7. The Morgan fingerprint density at radius 1 is 1.24 bits per heavy atom. The molecular formula is C22H31N4O2S+. The first-order valence-electron chi connectivity index (χ1n) is 10.3. The Balaban J connectivity index is 1.75. The van der Waals surface area contributed by atoms with Gasteiger partial charge < -0.3 is 10.2 Å². The van der Waals surface area contributed by atoms with Crippen LogP contribution in [0, 0.1) is 13.8 Å². The zero-order valence-electron chi connectivity index (χ0n) is 17.8. The molecule has 0 saturated carbocycles. The van der Waals surface area contributed by atoms with Crippen LogP contribution >= 0.6 is 11.8 Å². The van der Waals surface area contributed by atoms with Crippen molar-refractivity contribution in [3.05, 3.63) is 51.1 Å². The van der Waals surface area contributed by atoms with Crippen LogP contribution in [0.4, 0.5) is 5.69 Å². The maximum atomic E-state index is 12.7. The summed E-state index contributed by atoms with van der Waals surface area (Å²) in [4.78, 5) is 30.8. The molecule has 1 heterocycles. The molecule has 0 atom stereocenters. The van der Waals surface area contributed by atoms with Crippen LogP contribution in [0.1, 0.15) is 35.2 Å². The number of rotatable bonds is 7. The van der Waals surface area contributed by atoms with Crippen molar-refractivity contribution >= 4 is 23.4 Å². The number of hydrogen-bond donors (Lipinski definition) is 2. The number of nitrogens with zero attached hydrogens (tertiary/aromatic N) is 2. The van der Waals surface area contributed by atoms with Gasteiger partial charge in [0, 0.05) is 16.9 Å². The van der Waals surface area contributed by atoms with E-state index in [1.54, 1.807) is 0 Å². The van der Waals surface area contributed by atoms with E-state index in [0.29, 0.717) is 6.54 Å². The van der Waals surface area contributed by atoms with Crippen LogP contribution in [-0.4, -0.2) is 41.9 Å². The van der Waals surface area contributed by atoms with Crippen LogP contribution in [0.5, 0.6) is 0 Å². The van der Waals surface area contributed by atoms with E-state index in [0.717, 1.165) is 65.3 Å². The van der Waals surface area contributed by atoms with E-state index in [1.165, 1.54) is 16.7 Å². The highest BCUT2D eigenvalue weighted by molar-refractivity contribution is 8.00. The van der Waals surface area contributed by atoms with Gasteiger partial charge in [0.05, 0.1) is 32.9 Å². The summed E-state index contributed by atoms with van der Waals surface area (Å²) < 4.78 is 1.85. The molecule has 156 valence electrons. The molecule has 1 aliphatic carbocycles. The van der Waals surface area contributed by atoms with Gasteiger partial charge in [0.1, 0.15) is 5.03 Å². The fourth-order valence-corrected chi connectivity index (χ4v) is 4.50. The molecule has 2 N–H and O–H groups in total. The topological polar surface area (TPSA) is 68.4 Å². The number of nitrogens with one attached hydrogen (secondary N) is 2. The summed E-state index contributed by atoms with van der Waals surface area (Å²) in [5, 5.41) is 3.72. The smallest absolute Gasteiger partial charge is 0.338 e. The predicted molar refractivity (Wildman–Crippen MR) is 118 cm³/mol. The summed E-state index contributed by atoms with van der Waals surface area (Å²) in [5.74, 6) is 0.174. The second-order valence-corrected chi connectivity index (χ2v) is 9.06. The van der Waals surface area contributed by atoms with Gasteiger partial charge in [0.2, 0.25) is 5.91 Å². The first-order chi connectivity index (χ1) is 13.8. The number of anilines is 1. The van der Waals surface area contributed by atoms with Crippen molar-refractivity contribution in [1.29, 1.82) is 0 Å². The molecule has 0 saturated heterocycles. The van der Waals surface area contributed by atoms with Gasteiger partial charge >= 0.3 is 5.69 Å². The minimum Gasteiger partial charge on any atom is -0.338 e. The minimum absolute atomic E-state index is 0.0737. The van der Waals surface area contributed by atoms with E-state index < -0.39 is 0 Å². The molecule has 29 heavy (non-hydrogen) atoms. The number of quaternary nitrogens is 1. The van der Waals surface area contributed by atoms with Crippen LogP contribution < -0.4 is 15.9 Å². The van der Waals surface area contributed by atoms with Crippen LogP contribution in [0.25, 0.3) is 0 Å². The zero-order valence-corrected chi connectivity index (χ0v) is 18.6. The van der Waals surface area contributed by atoms with Gasteiger partial charge in [0.25, 0.3) is 0 Å². The summed E-state index contributed by atoms with van der Waals surface area (Å²) in [6.07, 6.45) is 4.05. The summed E-state index contributed by atoms with van der Waals surface area (Å²) in [5.41, 5.74) is 5.08. The lowest BCUT2D eigenvalue weighted by Gasteiger charge is -2.23. The highest BCUT2D eigenvalue weighted by Gasteiger charge is 2.21. The number of thioether (sulfide) groups is 1. The number of carbonyl (C=O) groups excluding carboxylic acids is 1. The number of aryl methyl sites for hydroxylation is 2. The number of aromatic nitrogens is 2. The standard InChI is InChI=1S/C22H30N4O2S/c1-15-9-10-16(2)18(13-15)23-20(27)14-29-21-17-7-5-6-8-19(17)26(22(28)24-21)12-11-25(3)4/h9-10,13H,5-8,11-12,14H2,1-4H3,(H,23,27)/p+1. The number of amides is 1. The average Bonchev–Trinajstić information content (AvgIpc) is 2.68. The predicted octanol–water partition coefficient (Wildman–Crippen LogP) is 1.61. The summed E-state index contributed by atoms with van der Waals surface area (Å²) in [6, 6.07) is 6.01.